The molecule has 4 nitrogen and oxygen atoms in total. The van der Waals surface area contributed by atoms with E-state index in [9.17, 15) is 0 Å². The average Bonchev–Trinajstić information content (AvgIpc) is 3.54. The van der Waals surface area contributed by atoms with E-state index in [0.29, 0.717) is 22.7 Å². The number of aromatic nitrogens is 4. The van der Waals surface area contributed by atoms with Crippen molar-refractivity contribution in [1.29, 1.82) is 0 Å². The van der Waals surface area contributed by atoms with Gasteiger partial charge in [0.05, 0.1) is 43.9 Å². The van der Waals surface area contributed by atoms with Crippen LogP contribution in [0.5, 0.6) is 0 Å². The van der Waals surface area contributed by atoms with Crippen molar-refractivity contribution >= 4 is 11.3 Å². The van der Waals surface area contributed by atoms with E-state index in [1.54, 1.807) is 11.3 Å². The second-order valence-electron chi connectivity index (χ2n) is 14.5. The molecule has 0 spiro atoms. The monoisotopic (exact) mass is 580 g/mol. The lowest BCUT2D eigenvalue weighted by Crippen LogP contribution is -2.48. The minimum absolute atomic E-state index is 0.411. The molecule has 5 heteroatoms. The molecule has 2 fully saturated rings. The number of nitrogens with zero attached hydrogens (tertiary/aromatic N) is 4. The summed E-state index contributed by atoms with van der Waals surface area (Å²) >= 11 is 1.74. The lowest BCUT2D eigenvalue weighted by molar-refractivity contribution is 0.0170. The smallest absolute Gasteiger partial charge is 0.0894 e. The van der Waals surface area contributed by atoms with Gasteiger partial charge in [-0.3, -0.25) is 9.97 Å². The summed E-state index contributed by atoms with van der Waals surface area (Å²) in [5, 5.41) is 0. The summed E-state index contributed by atoms with van der Waals surface area (Å²) < 4.78 is 0. The van der Waals surface area contributed by atoms with Gasteiger partial charge in [0.1, 0.15) is 0 Å². The highest BCUT2D eigenvalue weighted by atomic mass is 32.1. The molecule has 4 atom stereocenters. The molecule has 6 aliphatic carbocycles. The Morgan fingerprint density at radius 1 is 0.512 bits per heavy atom. The highest BCUT2D eigenvalue weighted by molar-refractivity contribution is 7.18. The minimum Gasteiger partial charge on any atom is -0.251 e. The van der Waals surface area contributed by atoms with Crippen molar-refractivity contribution < 1.29 is 0 Å². The predicted octanol–water partition coefficient (Wildman–Crippen LogP) is 9.37. The van der Waals surface area contributed by atoms with Crippen molar-refractivity contribution in [3.05, 3.63) is 95.3 Å². The molecular formula is C38H36N4S. The van der Waals surface area contributed by atoms with Crippen molar-refractivity contribution in [2.24, 2.45) is 22.7 Å². The van der Waals surface area contributed by atoms with Gasteiger partial charge in [-0.15, -0.1) is 11.3 Å². The number of hydrogen-bond acceptors (Lipinski definition) is 5. The third kappa shape index (κ3) is 3.80. The van der Waals surface area contributed by atoms with Crippen molar-refractivity contribution in [2.45, 2.75) is 65.2 Å². The van der Waals surface area contributed by atoms with Crippen molar-refractivity contribution in [3.63, 3.8) is 0 Å². The molecule has 0 aliphatic heterocycles. The molecule has 0 radical (unpaired) electrons. The number of hydrogen-bond donors (Lipinski definition) is 0. The first-order valence-corrected chi connectivity index (χ1v) is 16.6. The zero-order valence-electron chi connectivity index (χ0n) is 25.3. The van der Waals surface area contributed by atoms with Gasteiger partial charge < -0.3 is 0 Å². The summed E-state index contributed by atoms with van der Waals surface area (Å²) in [6, 6.07) is 25.9. The van der Waals surface area contributed by atoms with Crippen LogP contribution in [-0.4, -0.2) is 19.9 Å². The summed E-state index contributed by atoms with van der Waals surface area (Å²) in [4.78, 5) is 22.7. The molecule has 5 aromatic rings. The molecule has 43 heavy (non-hydrogen) atoms. The summed E-state index contributed by atoms with van der Waals surface area (Å²) in [6.07, 6.45) is 4.81. The molecule has 11 rings (SSSR count). The Kier molecular flexibility index (Phi) is 5.34. The summed E-state index contributed by atoms with van der Waals surface area (Å²) in [6.45, 7) is 9.67. The zero-order chi connectivity index (χ0) is 29.1. The fourth-order valence-electron chi connectivity index (χ4n) is 8.56. The van der Waals surface area contributed by atoms with Crippen molar-refractivity contribution in [1.82, 2.24) is 19.9 Å². The largest absolute Gasteiger partial charge is 0.251 e. The molecule has 0 saturated heterocycles. The minimum atomic E-state index is 0.411. The normalized spacial score (nSPS) is 25.2. The second-order valence-corrected chi connectivity index (χ2v) is 15.6. The van der Waals surface area contributed by atoms with Crippen molar-refractivity contribution in [3.8, 4) is 43.9 Å². The van der Waals surface area contributed by atoms with Crippen LogP contribution < -0.4 is 0 Å². The molecule has 214 valence electrons. The van der Waals surface area contributed by atoms with Gasteiger partial charge in [-0.05, 0) is 120 Å². The molecule has 0 amide bonds. The van der Waals surface area contributed by atoms with Crippen LogP contribution in [0.3, 0.4) is 0 Å². The van der Waals surface area contributed by atoms with Crippen LogP contribution in [0.25, 0.3) is 43.9 Å². The van der Waals surface area contributed by atoms with E-state index in [0.717, 1.165) is 68.6 Å². The van der Waals surface area contributed by atoms with Crippen LogP contribution >= 0.6 is 11.3 Å². The van der Waals surface area contributed by atoms with E-state index >= 15 is 0 Å². The topological polar surface area (TPSA) is 51.6 Å². The van der Waals surface area contributed by atoms with Crippen LogP contribution in [-0.2, 0) is 12.8 Å². The molecular weight excluding hydrogens is 545 g/mol. The van der Waals surface area contributed by atoms with Gasteiger partial charge in [-0.1, -0.05) is 52.0 Å². The van der Waals surface area contributed by atoms with E-state index in [2.05, 4.69) is 100 Å². The molecule has 6 aliphatic rings. The number of rotatable bonds is 4. The zero-order valence-corrected chi connectivity index (χ0v) is 26.1. The predicted molar refractivity (Wildman–Crippen MR) is 174 cm³/mol. The Morgan fingerprint density at radius 2 is 0.930 bits per heavy atom. The Morgan fingerprint density at radius 3 is 1.37 bits per heavy atom. The van der Waals surface area contributed by atoms with E-state index in [1.165, 1.54) is 35.4 Å². The fourth-order valence-corrected chi connectivity index (χ4v) is 9.51. The van der Waals surface area contributed by atoms with E-state index in [1.807, 2.05) is 0 Å². The Labute approximate surface area is 257 Å². The van der Waals surface area contributed by atoms with Crippen molar-refractivity contribution in [2.75, 3.05) is 0 Å². The molecule has 0 aromatic carbocycles. The van der Waals surface area contributed by atoms with Gasteiger partial charge in [-0.25, -0.2) is 9.97 Å². The van der Waals surface area contributed by atoms with E-state index in [4.69, 9.17) is 19.9 Å². The van der Waals surface area contributed by atoms with Crippen LogP contribution in [0, 0.1) is 22.7 Å². The quantitative estimate of drug-likeness (QED) is 0.212. The Bertz CT molecular complexity index is 1800. The first-order valence-electron chi connectivity index (χ1n) is 15.8. The maximum absolute atomic E-state index is 5.12. The Balaban J connectivity index is 0.985. The first-order chi connectivity index (χ1) is 20.8. The molecule has 0 unspecified atom stereocenters. The average molecular weight is 581 g/mol. The second kappa shape index (κ2) is 8.92. The molecule has 0 N–H and O–H groups in total. The molecule has 5 aromatic heterocycles. The van der Waals surface area contributed by atoms with Gasteiger partial charge in [0.2, 0.25) is 0 Å². The SMILES string of the molecule is CC1(C)[C@H]2Cc3nc(-c4cccc(-c5ccc(-c6cccc(-c7ccc8c(n7)C[C@H]7C[C@@H]8C7(C)C)n6)s5)n4)ccc3[C@@H]1C2. The highest BCUT2D eigenvalue weighted by Crippen LogP contribution is 2.62. The summed E-state index contributed by atoms with van der Waals surface area (Å²) in [5.74, 6) is 2.81. The number of pyridine rings is 4. The van der Waals surface area contributed by atoms with Crippen LogP contribution in [0.15, 0.2) is 72.8 Å². The first kappa shape index (κ1) is 25.8. The van der Waals surface area contributed by atoms with Gasteiger partial charge in [0.15, 0.2) is 0 Å². The lowest BCUT2D eigenvalue weighted by Gasteiger charge is -2.56. The van der Waals surface area contributed by atoms with Crippen LogP contribution in [0.1, 0.15) is 74.9 Å². The highest BCUT2D eigenvalue weighted by Gasteiger charge is 2.53. The maximum Gasteiger partial charge on any atom is 0.0894 e. The van der Waals surface area contributed by atoms with Gasteiger partial charge >= 0.3 is 0 Å². The third-order valence-corrected chi connectivity index (χ3v) is 12.9. The summed E-state index contributed by atoms with van der Waals surface area (Å²) in [7, 11) is 0. The maximum atomic E-state index is 5.12. The van der Waals surface area contributed by atoms with Crippen LogP contribution in [0.2, 0.25) is 0 Å². The third-order valence-electron chi connectivity index (χ3n) is 11.7. The molecule has 4 bridgehead atoms. The van der Waals surface area contributed by atoms with Gasteiger partial charge in [0, 0.05) is 11.4 Å². The van der Waals surface area contributed by atoms with Gasteiger partial charge in [0.25, 0.3) is 0 Å². The fraction of sp³-hybridized carbons (Fsp3) is 0.368. The molecule has 5 heterocycles. The molecule has 2 saturated carbocycles. The van der Waals surface area contributed by atoms with Gasteiger partial charge in [-0.2, -0.15) is 0 Å². The Hall–Kier alpha value is -3.70. The van der Waals surface area contributed by atoms with Crippen LogP contribution in [0.4, 0.5) is 0 Å². The standard InChI is InChI=1S/C38H36N4S/c1-37(2)21-17-25(37)23-11-13-29(41-33(23)19-21)27-7-5-9-31(39-27)35-15-16-36(43-35)32-10-6-8-28(40-32)30-14-12-24-26-18-22(38(26,3)4)20-34(24)42-30/h5-16,21-22,25-26H,17-20H2,1-4H3/t21-,22-,25+,26+/m1/s1. The summed E-state index contributed by atoms with van der Waals surface area (Å²) in [5.41, 5.74) is 12.1. The van der Waals surface area contributed by atoms with E-state index < -0.39 is 0 Å². The lowest BCUT2D eigenvalue weighted by atomic mass is 9.48. The van der Waals surface area contributed by atoms with E-state index in [-0.39, 0.29) is 0 Å². The number of thiophene rings is 1.